The molecule has 4 bridgehead atoms. The summed E-state index contributed by atoms with van der Waals surface area (Å²) in [6, 6.07) is -0.177. The predicted molar refractivity (Wildman–Crippen MR) is 98.3 cm³/mol. The van der Waals surface area contributed by atoms with Gasteiger partial charge in [-0.05, 0) is 69.6 Å². The Morgan fingerprint density at radius 3 is 2.42 bits per heavy atom. The van der Waals surface area contributed by atoms with Crippen molar-refractivity contribution in [3.8, 4) is 0 Å². The van der Waals surface area contributed by atoms with Gasteiger partial charge in [0.1, 0.15) is 0 Å². The zero-order chi connectivity index (χ0) is 18.5. The van der Waals surface area contributed by atoms with Crippen LogP contribution in [0.25, 0.3) is 0 Å². The molecule has 4 saturated carbocycles. The van der Waals surface area contributed by atoms with Gasteiger partial charge >= 0.3 is 0 Å². The average Bonchev–Trinajstić information content (AvgIpc) is 2.59. The van der Waals surface area contributed by atoms with Crippen LogP contribution < -0.4 is 10.6 Å². The SMILES string of the molecule is CC(C)N1CCNC(=O)C1CC(=O)NCC1(O)C2CC3CC(C2)CC1C3. The Morgan fingerprint density at radius 2 is 1.85 bits per heavy atom. The third-order valence-corrected chi connectivity index (χ3v) is 7.53. The van der Waals surface area contributed by atoms with E-state index in [2.05, 4.69) is 29.4 Å². The molecule has 5 fully saturated rings. The highest BCUT2D eigenvalue weighted by atomic mass is 16.3. The molecular formula is C20H33N3O3. The Bertz CT molecular complexity index is 549. The number of rotatable bonds is 5. The van der Waals surface area contributed by atoms with Crippen molar-refractivity contribution in [2.24, 2.45) is 23.7 Å². The number of hydrogen-bond donors (Lipinski definition) is 3. The fourth-order valence-electron chi connectivity index (χ4n) is 6.34. The van der Waals surface area contributed by atoms with E-state index in [1.807, 2.05) is 0 Å². The smallest absolute Gasteiger partial charge is 0.237 e. The maximum atomic E-state index is 12.6. The summed E-state index contributed by atoms with van der Waals surface area (Å²) in [5.41, 5.74) is -0.740. The summed E-state index contributed by atoms with van der Waals surface area (Å²) in [5, 5.41) is 17.2. The van der Waals surface area contributed by atoms with Gasteiger partial charge in [-0.25, -0.2) is 0 Å². The Morgan fingerprint density at radius 1 is 1.23 bits per heavy atom. The van der Waals surface area contributed by atoms with Crippen LogP contribution in [-0.2, 0) is 9.59 Å². The minimum Gasteiger partial charge on any atom is -0.387 e. The molecule has 6 nitrogen and oxygen atoms in total. The van der Waals surface area contributed by atoms with Crippen LogP contribution in [-0.4, -0.2) is 59.1 Å². The summed E-state index contributed by atoms with van der Waals surface area (Å²) in [4.78, 5) is 26.9. The molecule has 6 heteroatoms. The zero-order valence-electron chi connectivity index (χ0n) is 16.0. The van der Waals surface area contributed by atoms with E-state index >= 15 is 0 Å². The van der Waals surface area contributed by atoms with Gasteiger partial charge in [-0.3, -0.25) is 14.5 Å². The first-order valence-electron chi connectivity index (χ1n) is 10.4. The van der Waals surface area contributed by atoms with Gasteiger partial charge in [0.05, 0.1) is 18.1 Å². The Labute approximate surface area is 156 Å². The normalized spacial score (nSPS) is 42.2. The summed E-state index contributed by atoms with van der Waals surface area (Å²) in [5.74, 6) is 2.07. The third-order valence-electron chi connectivity index (χ3n) is 7.53. The minimum absolute atomic E-state index is 0.0616. The number of aliphatic hydroxyl groups is 1. The monoisotopic (exact) mass is 363 g/mol. The molecule has 26 heavy (non-hydrogen) atoms. The second kappa shape index (κ2) is 6.79. The van der Waals surface area contributed by atoms with Gasteiger partial charge in [0.2, 0.25) is 11.8 Å². The lowest BCUT2D eigenvalue weighted by Gasteiger charge is -2.59. The molecule has 5 aliphatic rings. The van der Waals surface area contributed by atoms with Crippen LogP contribution in [0.15, 0.2) is 0 Å². The van der Waals surface area contributed by atoms with Crippen LogP contribution in [0, 0.1) is 23.7 Å². The first kappa shape index (κ1) is 18.2. The van der Waals surface area contributed by atoms with Crippen LogP contribution in [0.1, 0.15) is 52.4 Å². The molecule has 5 rings (SSSR count). The molecule has 1 aliphatic heterocycles. The lowest BCUT2D eigenvalue weighted by atomic mass is 9.50. The number of nitrogens with zero attached hydrogens (tertiary/aromatic N) is 1. The maximum absolute atomic E-state index is 12.6. The fraction of sp³-hybridized carbons (Fsp3) is 0.900. The van der Waals surface area contributed by atoms with Crippen molar-refractivity contribution in [1.82, 2.24) is 15.5 Å². The number of carbonyl (C=O) groups is 2. The molecular weight excluding hydrogens is 330 g/mol. The lowest BCUT2D eigenvalue weighted by molar-refractivity contribution is -0.171. The van der Waals surface area contributed by atoms with Crippen molar-refractivity contribution in [2.75, 3.05) is 19.6 Å². The van der Waals surface area contributed by atoms with E-state index in [-0.39, 0.29) is 24.3 Å². The van der Waals surface area contributed by atoms with E-state index in [0.29, 0.717) is 24.9 Å². The maximum Gasteiger partial charge on any atom is 0.237 e. The van der Waals surface area contributed by atoms with E-state index in [1.54, 1.807) is 0 Å². The third kappa shape index (κ3) is 3.15. The van der Waals surface area contributed by atoms with E-state index in [0.717, 1.165) is 44.1 Å². The standard InChI is InChI=1S/C20H33N3O3/c1-12(2)23-4-3-21-19(25)17(23)10-18(24)22-11-20(26)15-6-13-5-14(8-15)9-16(20)7-13/h12-17,26H,3-11H2,1-2H3,(H,21,25)(H,22,24). The number of amides is 2. The molecule has 1 atom stereocenters. The van der Waals surface area contributed by atoms with Crippen LogP contribution >= 0.6 is 0 Å². The van der Waals surface area contributed by atoms with Gasteiger partial charge < -0.3 is 15.7 Å². The summed E-state index contributed by atoms with van der Waals surface area (Å²) in [7, 11) is 0. The summed E-state index contributed by atoms with van der Waals surface area (Å²) in [6.07, 6.45) is 5.98. The minimum atomic E-state index is -0.740. The molecule has 0 aromatic rings. The molecule has 0 aromatic heterocycles. The summed E-state index contributed by atoms with van der Waals surface area (Å²) >= 11 is 0. The summed E-state index contributed by atoms with van der Waals surface area (Å²) in [6.45, 7) is 5.87. The summed E-state index contributed by atoms with van der Waals surface area (Å²) < 4.78 is 0. The molecule has 146 valence electrons. The number of nitrogens with one attached hydrogen (secondary N) is 2. The van der Waals surface area contributed by atoms with E-state index < -0.39 is 11.6 Å². The van der Waals surface area contributed by atoms with Crippen molar-refractivity contribution in [3.63, 3.8) is 0 Å². The molecule has 0 radical (unpaired) electrons. The first-order chi connectivity index (χ1) is 12.4. The number of piperazine rings is 1. The van der Waals surface area contributed by atoms with Crippen molar-refractivity contribution in [1.29, 1.82) is 0 Å². The lowest BCUT2D eigenvalue weighted by Crippen LogP contribution is -2.63. The largest absolute Gasteiger partial charge is 0.387 e. The highest BCUT2D eigenvalue weighted by molar-refractivity contribution is 5.88. The topological polar surface area (TPSA) is 81.7 Å². The van der Waals surface area contributed by atoms with Gasteiger partial charge in [0.15, 0.2) is 0 Å². The van der Waals surface area contributed by atoms with E-state index in [1.165, 1.54) is 6.42 Å². The Kier molecular flexibility index (Phi) is 4.76. The molecule has 4 aliphatic carbocycles. The molecule has 1 heterocycles. The van der Waals surface area contributed by atoms with Crippen LogP contribution in [0.4, 0.5) is 0 Å². The van der Waals surface area contributed by atoms with E-state index in [4.69, 9.17) is 0 Å². The van der Waals surface area contributed by atoms with Gasteiger partial charge in [0, 0.05) is 25.7 Å². The number of hydrogen-bond acceptors (Lipinski definition) is 4. The molecule has 1 unspecified atom stereocenters. The van der Waals surface area contributed by atoms with Crippen molar-refractivity contribution in [3.05, 3.63) is 0 Å². The van der Waals surface area contributed by atoms with Crippen LogP contribution in [0.3, 0.4) is 0 Å². The second-order valence-electron chi connectivity index (χ2n) is 9.41. The van der Waals surface area contributed by atoms with Crippen molar-refractivity contribution >= 4 is 11.8 Å². The molecule has 1 saturated heterocycles. The van der Waals surface area contributed by atoms with Gasteiger partial charge in [0.25, 0.3) is 0 Å². The predicted octanol–water partition coefficient (Wildman–Crippen LogP) is 0.889. The van der Waals surface area contributed by atoms with Crippen LogP contribution in [0.5, 0.6) is 0 Å². The quantitative estimate of drug-likeness (QED) is 0.678. The molecule has 0 aromatic carbocycles. The fourth-order valence-corrected chi connectivity index (χ4v) is 6.34. The highest BCUT2D eigenvalue weighted by Crippen LogP contribution is 2.58. The van der Waals surface area contributed by atoms with Crippen LogP contribution in [0.2, 0.25) is 0 Å². The molecule has 2 amide bonds. The molecule has 0 spiro atoms. The zero-order valence-corrected chi connectivity index (χ0v) is 16.0. The highest BCUT2D eigenvalue weighted by Gasteiger charge is 2.56. The average molecular weight is 364 g/mol. The van der Waals surface area contributed by atoms with Gasteiger partial charge in [-0.1, -0.05) is 0 Å². The van der Waals surface area contributed by atoms with E-state index in [9.17, 15) is 14.7 Å². The Balaban J connectivity index is 1.36. The van der Waals surface area contributed by atoms with Gasteiger partial charge in [-0.15, -0.1) is 0 Å². The second-order valence-corrected chi connectivity index (χ2v) is 9.41. The first-order valence-corrected chi connectivity index (χ1v) is 10.4. The van der Waals surface area contributed by atoms with Crippen molar-refractivity contribution in [2.45, 2.75) is 70.1 Å². The Hall–Kier alpha value is -1.14. The van der Waals surface area contributed by atoms with Gasteiger partial charge in [-0.2, -0.15) is 0 Å². The number of carbonyl (C=O) groups excluding carboxylic acids is 2. The molecule has 3 N–H and O–H groups in total. The van der Waals surface area contributed by atoms with Crippen molar-refractivity contribution < 1.29 is 14.7 Å².